The van der Waals surface area contributed by atoms with Gasteiger partial charge in [-0.3, -0.25) is 4.98 Å². The molecule has 0 fully saturated rings. The maximum Gasteiger partial charge on any atom is 0.0523 e. The van der Waals surface area contributed by atoms with Crippen LogP contribution in [0.3, 0.4) is 0 Å². The molecule has 0 saturated carbocycles. The second-order valence-electron chi connectivity index (χ2n) is 3.12. The number of anilines is 1. The second-order valence-corrected chi connectivity index (χ2v) is 4.22. The Morgan fingerprint density at radius 1 is 1.43 bits per heavy atom. The molecule has 1 aromatic heterocycles. The Labute approximate surface area is 90.5 Å². The molecule has 1 N–H and O–H groups in total. The number of hydrogen-bond acceptors (Lipinski definition) is 3. The van der Waals surface area contributed by atoms with Crippen LogP contribution in [0, 0.1) is 0 Å². The Morgan fingerprint density at radius 2 is 2.29 bits per heavy atom. The van der Waals surface area contributed by atoms with E-state index in [0.29, 0.717) is 0 Å². The van der Waals surface area contributed by atoms with E-state index < -0.39 is 0 Å². The highest BCUT2D eigenvalue weighted by atomic mass is 32.2. The van der Waals surface area contributed by atoms with E-state index in [0.717, 1.165) is 12.3 Å². The van der Waals surface area contributed by atoms with Gasteiger partial charge in [-0.15, -0.1) is 0 Å². The molecule has 78 valence electrons. The van der Waals surface area contributed by atoms with E-state index in [1.54, 1.807) is 0 Å². The van der Waals surface area contributed by atoms with Crippen molar-refractivity contribution in [2.24, 2.45) is 0 Å². The summed E-state index contributed by atoms with van der Waals surface area (Å²) in [7, 11) is 0. The quantitative estimate of drug-likeness (QED) is 0.730. The number of pyridine rings is 1. The molecule has 0 bridgehead atoms. The number of thioether (sulfide) groups is 1. The summed E-state index contributed by atoms with van der Waals surface area (Å²) in [4.78, 5) is 4.33. The van der Waals surface area contributed by atoms with Crippen LogP contribution < -0.4 is 5.32 Å². The molecule has 0 amide bonds. The lowest BCUT2D eigenvalue weighted by Crippen LogP contribution is -1.98. The fourth-order valence-corrected chi connectivity index (χ4v) is 1.99. The normalized spacial score (nSPS) is 10.1. The van der Waals surface area contributed by atoms with Gasteiger partial charge in [-0.1, -0.05) is 6.92 Å². The number of rotatable bonds is 6. The Morgan fingerprint density at radius 3 is 3.00 bits per heavy atom. The van der Waals surface area contributed by atoms with Crippen molar-refractivity contribution in [2.45, 2.75) is 26.0 Å². The van der Waals surface area contributed by atoms with Crippen LogP contribution in [0.2, 0.25) is 0 Å². The van der Waals surface area contributed by atoms with Crippen LogP contribution in [0.1, 0.15) is 26.0 Å². The molecule has 0 aromatic carbocycles. The van der Waals surface area contributed by atoms with Gasteiger partial charge in [-0.05, 0) is 31.2 Å². The van der Waals surface area contributed by atoms with Crippen LogP contribution in [0.25, 0.3) is 0 Å². The standard InChI is InChI=1S/C11H18N2S/c1-3-7-14-9-11-8-10(12-4-2)5-6-13-11/h5-6,8H,3-4,7,9H2,1-2H3,(H,12,13). The molecule has 0 atom stereocenters. The first kappa shape index (κ1) is 11.4. The highest BCUT2D eigenvalue weighted by Gasteiger charge is 1.96. The van der Waals surface area contributed by atoms with Gasteiger partial charge in [-0.25, -0.2) is 0 Å². The van der Waals surface area contributed by atoms with E-state index >= 15 is 0 Å². The summed E-state index contributed by atoms with van der Waals surface area (Å²) >= 11 is 1.94. The molecule has 1 heterocycles. The van der Waals surface area contributed by atoms with Crippen LogP contribution in [-0.2, 0) is 5.75 Å². The zero-order valence-electron chi connectivity index (χ0n) is 8.92. The lowest BCUT2D eigenvalue weighted by atomic mass is 10.3. The molecule has 3 heteroatoms. The van der Waals surface area contributed by atoms with E-state index in [-0.39, 0.29) is 0 Å². The van der Waals surface area contributed by atoms with Gasteiger partial charge in [0.15, 0.2) is 0 Å². The molecule has 2 nitrogen and oxygen atoms in total. The number of aromatic nitrogens is 1. The topological polar surface area (TPSA) is 24.9 Å². The maximum atomic E-state index is 4.33. The van der Waals surface area contributed by atoms with Gasteiger partial charge in [0.2, 0.25) is 0 Å². The molecule has 0 saturated heterocycles. The molecule has 0 unspecified atom stereocenters. The molecule has 0 spiro atoms. The molecular formula is C11H18N2S. The summed E-state index contributed by atoms with van der Waals surface area (Å²) < 4.78 is 0. The van der Waals surface area contributed by atoms with E-state index in [1.165, 1.54) is 23.6 Å². The first-order valence-electron chi connectivity index (χ1n) is 5.13. The molecule has 0 aliphatic rings. The van der Waals surface area contributed by atoms with E-state index in [2.05, 4.69) is 30.2 Å². The summed E-state index contributed by atoms with van der Waals surface area (Å²) in [6, 6.07) is 4.14. The van der Waals surface area contributed by atoms with Crippen LogP contribution >= 0.6 is 11.8 Å². The molecule has 0 aliphatic heterocycles. The van der Waals surface area contributed by atoms with Gasteiger partial charge in [0.25, 0.3) is 0 Å². The minimum atomic E-state index is 0.964. The smallest absolute Gasteiger partial charge is 0.0523 e. The van der Waals surface area contributed by atoms with Crippen LogP contribution in [0.15, 0.2) is 18.3 Å². The largest absolute Gasteiger partial charge is 0.385 e. The van der Waals surface area contributed by atoms with Gasteiger partial charge in [0.1, 0.15) is 0 Å². The third-order valence-corrected chi connectivity index (χ3v) is 2.99. The minimum Gasteiger partial charge on any atom is -0.385 e. The average molecular weight is 210 g/mol. The summed E-state index contributed by atoms with van der Waals surface area (Å²) in [5, 5.41) is 3.29. The van der Waals surface area contributed by atoms with Crippen molar-refractivity contribution in [1.29, 1.82) is 0 Å². The fraction of sp³-hybridized carbons (Fsp3) is 0.545. The first-order chi connectivity index (χ1) is 6.86. The van der Waals surface area contributed by atoms with Crippen molar-refractivity contribution in [3.05, 3.63) is 24.0 Å². The maximum absolute atomic E-state index is 4.33. The van der Waals surface area contributed by atoms with Crippen LogP contribution in [0.4, 0.5) is 5.69 Å². The molecule has 1 rings (SSSR count). The zero-order chi connectivity index (χ0) is 10.2. The van der Waals surface area contributed by atoms with E-state index in [1.807, 2.05) is 24.0 Å². The molecule has 0 aliphatic carbocycles. The van der Waals surface area contributed by atoms with Crippen molar-refractivity contribution in [3.63, 3.8) is 0 Å². The zero-order valence-corrected chi connectivity index (χ0v) is 9.73. The Balaban J connectivity index is 2.46. The van der Waals surface area contributed by atoms with Crippen molar-refractivity contribution >= 4 is 17.4 Å². The highest BCUT2D eigenvalue weighted by molar-refractivity contribution is 7.98. The lowest BCUT2D eigenvalue weighted by Gasteiger charge is -2.05. The van der Waals surface area contributed by atoms with E-state index in [4.69, 9.17) is 0 Å². The van der Waals surface area contributed by atoms with Crippen LogP contribution in [-0.4, -0.2) is 17.3 Å². The number of nitrogens with zero attached hydrogens (tertiary/aromatic N) is 1. The number of nitrogens with one attached hydrogen (secondary N) is 1. The molecule has 14 heavy (non-hydrogen) atoms. The van der Waals surface area contributed by atoms with E-state index in [9.17, 15) is 0 Å². The summed E-state index contributed by atoms with van der Waals surface area (Å²) in [6.45, 7) is 5.27. The number of hydrogen-bond donors (Lipinski definition) is 1. The average Bonchev–Trinajstić information content (AvgIpc) is 2.19. The SMILES string of the molecule is CCCSCc1cc(NCC)ccn1. The second kappa shape index (κ2) is 6.71. The Kier molecular flexibility index (Phi) is 5.45. The predicted molar refractivity (Wildman–Crippen MR) is 64.9 cm³/mol. The summed E-state index contributed by atoms with van der Waals surface area (Å²) in [5.74, 6) is 2.24. The minimum absolute atomic E-state index is 0.964. The summed E-state index contributed by atoms with van der Waals surface area (Å²) in [5.41, 5.74) is 2.34. The van der Waals surface area contributed by atoms with Gasteiger partial charge in [-0.2, -0.15) is 11.8 Å². The van der Waals surface area contributed by atoms with Gasteiger partial charge >= 0.3 is 0 Å². The van der Waals surface area contributed by atoms with Gasteiger partial charge in [0.05, 0.1) is 5.69 Å². The predicted octanol–water partition coefficient (Wildman–Crippen LogP) is 3.16. The Bertz CT molecular complexity index is 263. The molecule has 1 aromatic rings. The highest BCUT2D eigenvalue weighted by Crippen LogP contribution is 2.14. The van der Waals surface area contributed by atoms with Gasteiger partial charge in [0, 0.05) is 24.2 Å². The fourth-order valence-electron chi connectivity index (χ4n) is 1.19. The first-order valence-corrected chi connectivity index (χ1v) is 6.28. The van der Waals surface area contributed by atoms with Crippen LogP contribution in [0.5, 0.6) is 0 Å². The van der Waals surface area contributed by atoms with Crippen molar-refractivity contribution in [2.75, 3.05) is 17.6 Å². The molecule has 0 radical (unpaired) electrons. The van der Waals surface area contributed by atoms with Crippen molar-refractivity contribution < 1.29 is 0 Å². The van der Waals surface area contributed by atoms with Crippen molar-refractivity contribution in [3.8, 4) is 0 Å². The Hall–Kier alpha value is -0.700. The third kappa shape index (κ3) is 4.01. The lowest BCUT2D eigenvalue weighted by molar-refractivity contribution is 1.10. The third-order valence-electron chi connectivity index (χ3n) is 1.80. The van der Waals surface area contributed by atoms with Crippen molar-refractivity contribution in [1.82, 2.24) is 4.98 Å². The monoisotopic (exact) mass is 210 g/mol. The summed E-state index contributed by atoms with van der Waals surface area (Å²) in [6.07, 6.45) is 3.11. The van der Waals surface area contributed by atoms with Gasteiger partial charge < -0.3 is 5.32 Å². The molecular weight excluding hydrogens is 192 g/mol.